The van der Waals surface area contributed by atoms with E-state index in [-0.39, 0.29) is 24.0 Å². The second kappa shape index (κ2) is 10.5. The molecule has 2 aromatic rings. The van der Waals surface area contributed by atoms with E-state index in [2.05, 4.69) is 10.6 Å². The van der Waals surface area contributed by atoms with Crippen molar-refractivity contribution in [2.75, 3.05) is 27.3 Å². The van der Waals surface area contributed by atoms with Gasteiger partial charge in [0.05, 0.1) is 19.1 Å². The number of benzene rings is 2. The molecular formula is C22H29N3O5S. The molecule has 1 fully saturated rings. The first-order chi connectivity index (χ1) is 15.0. The number of nitrogens with zero attached hydrogens (tertiary/aromatic N) is 1. The molecule has 2 amide bonds. The molecule has 2 N–H and O–H groups in total. The average Bonchev–Trinajstić information content (AvgIpc) is 2.81. The van der Waals surface area contributed by atoms with Crippen LogP contribution in [0, 0.1) is 0 Å². The number of para-hydroxylation sites is 1. The van der Waals surface area contributed by atoms with Crippen LogP contribution in [0.1, 0.15) is 30.4 Å². The van der Waals surface area contributed by atoms with Gasteiger partial charge >= 0.3 is 6.03 Å². The molecule has 1 aliphatic rings. The Kier molecular flexibility index (Phi) is 7.75. The lowest BCUT2D eigenvalue weighted by molar-refractivity contribution is 0.240. The highest BCUT2D eigenvalue weighted by Crippen LogP contribution is 2.30. The Balaban J connectivity index is 1.53. The maximum Gasteiger partial charge on any atom is 0.315 e. The molecule has 1 aliphatic heterocycles. The summed E-state index contributed by atoms with van der Waals surface area (Å²) in [6, 6.07) is 11.8. The summed E-state index contributed by atoms with van der Waals surface area (Å²) in [5.74, 6) is 1.18. The van der Waals surface area contributed by atoms with Crippen molar-refractivity contribution in [2.24, 2.45) is 0 Å². The second-order valence-corrected chi connectivity index (χ2v) is 9.24. The Hall–Kier alpha value is -2.78. The zero-order chi connectivity index (χ0) is 22.3. The Morgan fingerprint density at radius 3 is 2.26 bits per heavy atom. The first-order valence-electron chi connectivity index (χ1n) is 10.3. The van der Waals surface area contributed by atoms with E-state index in [9.17, 15) is 13.2 Å². The lowest BCUT2D eigenvalue weighted by Gasteiger charge is -2.25. The van der Waals surface area contributed by atoms with E-state index in [1.807, 2.05) is 12.1 Å². The molecule has 0 saturated carbocycles. The molecule has 168 valence electrons. The minimum atomic E-state index is -3.45. The third kappa shape index (κ3) is 5.68. The molecule has 0 atom stereocenters. The summed E-state index contributed by atoms with van der Waals surface area (Å²) in [5.41, 5.74) is 1.61. The summed E-state index contributed by atoms with van der Waals surface area (Å²) < 4.78 is 37.6. The first-order valence-corrected chi connectivity index (χ1v) is 11.7. The van der Waals surface area contributed by atoms with Gasteiger partial charge in [-0.3, -0.25) is 0 Å². The van der Waals surface area contributed by atoms with Gasteiger partial charge in [-0.05, 0) is 36.6 Å². The molecule has 0 bridgehead atoms. The third-order valence-corrected chi connectivity index (χ3v) is 7.17. The summed E-state index contributed by atoms with van der Waals surface area (Å²) in [6.07, 6.45) is 2.87. The van der Waals surface area contributed by atoms with Gasteiger partial charge in [-0.25, -0.2) is 13.2 Å². The fourth-order valence-electron chi connectivity index (χ4n) is 3.55. The van der Waals surface area contributed by atoms with Crippen LogP contribution in [0.15, 0.2) is 47.4 Å². The van der Waals surface area contributed by atoms with Crippen molar-refractivity contribution in [2.45, 2.75) is 37.2 Å². The molecule has 0 aromatic heterocycles. The molecular weight excluding hydrogens is 418 g/mol. The summed E-state index contributed by atoms with van der Waals surface area (Å²) in [6.45, 7) is 1.71. The van der Waals surface area contributed by atoms with E-state index in [0.29, 0.717) is 24.6 Å². The highest BCUT2D eigenvalue weighted by atomic mass is 32.2. The van der Waals surface area contributed by atoms with E-state index in [1.165, 1.54) is 0 Å². The minimum absolute atomic E-state index is 0.277. The van der Waals surface area contributed by atoms with Crippen LogP contribution in [0.3, 0.4) is 0 Å². The van der Waals surface area contributed by atoms with Crippen molar-refractivity contribution in [1.29, 1.82) is 0 Å². The Labute approximate surface area is 183 Å². The molecule has 3 rings (SSSR count). The third-order valence-electron chi connectivity index (χ3n) is 5.25. The molecule has 1 heterocycles. The quantitative estimate of drug-likeness (QED) is 0.649. The number of urea groups is 1. The molecule has 0 spiro atoms. The summed E-state index contributed by atoms with van der Waals surface area (Å²) >= 11 is 0. The van der Waals surface area contributed by atoms with Gasteiger partial charge in [0.25, 0.3) is 0 Å². The predicted molar refractivity (Wildman–Crippen MR) is 118 cm³/mol. The van der Waals surface area contributed by atoms with Crippen molar-refractivity contribution in [1.82, 2.24) is 14.9 Å². The fourth-order valence-corrected chi connectivity index (χ4v) is 5.06. The smallest absolute Gasteiger partial charge is 0.315 e. The van der Waals surface area contributed by atoms with E-state index < -0.39 is 10.0 Å². The number of hydrogen-bond donors (Lipinski definition) is 2. The van der Waals surface area contributed by atoms with Crippen LogP contribution in [-0.2, 0) is 23.1 Å². The van der Waals surface area contributed by atoms with Gasteiger partial charge in [0.2, 0.25) is 10.0 Å². The maximum atomic E-state index is 12.7. The van der Waals surface area contributed by atoms with Crippen LogP contribution in [0.5, 0.6) is 11.5 Å². The van der Waals surface area contributed by atoms with Crippen molar-refractivity contribution in [3.05, 3.63) is 53.6 Å². The predicted octanol–water partition coefficient (Wildman–Crippen LogP) is 2.88. The molecule has 0 radical (unpaired) electrons. The van der Waals surface area contributed by atoms with E-state index in [4.69, 9.17) is 9.47 Å². The molecule has 0 aliphatic carbocycles. The number of hydrogen-bond acceptors (Lipinski definition) is 5. The molecule has 1 saturated heterocycles. The van der Waals surface area contributed by atoms with Crippen LogP contribution in [-0.4, -0.2) is 46.1 Å². The number of rotatable bonds is 8. The zero-order valence-electron chi connectivity index (χ0n) is 17.9. The van der Waals surface area contributed by atoms with E-state index in [0.717, 1.165) is 30.4 Å². The Morgan fingerprint density at radius 1 is 0.935 bits per heavy atom. The summed E-state index contributed by atoms with van der Waals surface area (Å²) in [5, 5.41) is 5.56. The molecule has 9 heteroatoms. The van der Waals surface area contributed by atoms with Gasteiger partial charge in [0.1, 0.15) is 0 Å². The van der Waals surface area contributed by atoms with Crippen LogP contribution in [0.2, 0.25) is 0 Å². The zero-order valence-corrected chi connectivity index (χ0v) is 18.7. The SMILES string of the molecule is COc1cccc(CNC(=O)NCc2ccc(S(=O)(=O)N3CCCCC3)cc2)c1OC. The fraction of sp³-hybridized carbons (Fsp3) is 0.409. The molecule has 8 nitrogen and oxygen atoms in total. The number of carbonyl (C=O) groups is 1. The molecule has 2 aromatic carbocycles. The number of carbonyl (C=O) groups excluding carboxylic acids is 1. The van der Waals surface area contributed by atoms with Crippen molar-refractivity contribution < 1.29 is 22.7 Å². The monoisotopic (exact) mass is 447 g/mol. The lowest BCUT2D eigenvalue weighted by Crippen LogP contribution is -2.35. The number of piperidine rings is 1. The van der Waals surface area contributed by atoms with Crippen molar-refractivity contribution >= 4 is 16.1 Å². The van der Waals surface area contributed by atoms with Crippen molar-refractivity contribution in [3.63, 3.8) is 0 Å². The van der Waals surface area contributed by atoms with E-state index in [1.54, 1.807) is 48.9 Å². The minimum Gasteiger partial charge on any atom is -0.493 e. The molecule has 31 heavy (non-hydrogen) atoms. The lowest BCUT2D eigenvalue weighted by atomic mass is 10.2. The first kappa shape index (κ1) is 22.9. The number of amides is 2. The normalized spacial score (nSPS) is 14.6. The van der Waals surface area contributed by atoms with E-state index >= 15 is 0 Å². The van der Waals surface area contributed by atoms with Crippen molar-refractivity contribution in [3.8, 4) is 11.5 Å². The number of sulfonamides is 1. The average molecular weight is 448 g/mol. The number of methoxy groups -OCH3 is 2. The highest BCUT2D eigenvalue weighted by molar-refractivity contribution is 7.89. The van der Waals surface area contributed by atoms with Gasteiger partial charge in [0.15, 0.2) is 11.5 Å². The Bertz CT molecular complexity index is 987. The summed E-state index contributed by atoms with van der Waals surface area (Å²) in [4.78, 5) is 12.5. The second-order valence-electron chi connectivity index (χ2n) is 7.30. The summed E-state index contributed by atoms with van der Waals surface area (Å²) in [7, 11) is -0.338. The number of nitrogens with one attached hydrogen (secondary N) is 2. The van der Waals surface area contributed by atoms with Gasteiger partial charge in [-0.1, -0.05) is 30.7 Å². The van der Waals surface area contributed by atoms with Gasteiger partial charge in [0, 0.05) is 31.7 Å². The van der Waals surface area contributed by atoms with Crippen LogP contribution >= 0.6 is 0 Å². The van der Waals surface area contributed by atoms with Crippen LogP contribution in [0.25, 0.3) is 0 Å². The van der Waals surface area contributed by atoms with Crippen LogP contribution in [0.4, 0.5) is 4.79 Å². The van der Waals surface area contributed by atoms with Gasteiger partial charge in [-0.15, -0.1) is 0 Å². The largest absolute Gasteiger partial charge is 0.493 e. The topological polar surface area (TPSA) is 97.0 Å². The van der Waals surface area contributed by atoms with Crippen LogP contribution < -0.4 is 20.1 Å². The number of ether oxygens (including phenoxy) is 2. The van der Waals surface area contributed by atoms with Gasteiger partial charge < -0.3 is 20.1 Å². The standard InChI is InChI=1S/C22H29N3O5S/c1-29-20-8-6-7-18(21(20)30-2)16-24-22(26)23-15-17-9-11-19(12-10-17)31(27,28)25-13-4-3-5-14-25/h6-12H,3-5,13-16H2,1-2H3,(H2,23,24,26). The van der Waals surface area contributed by atoms with Gasteiger partial charge in [-0.2, -0.15) is 4.31 Å². The molecule has 0 unspecified atom stereocenters. The Morgan fingerprint density at radius 2 is 1.61 bits per heavy atom. The highest BCUT2D eigenvalue weighted by Gasteiger charge is 2.25. The maximum absolute atomic E-state index is 12.7.